The van der Waals surface area contributed by atoms with E-state index in [0.717, 1.165) is 0 Å². The molecule has 9 heteroatoms. The van der Waals surface area contributed by atoms with E-state index in [-0.39, 0.29) is 16.0 Å². The molecule has 2 heterocycles. The van der Waals surface area contributed by atoms with E-state index in [2.05, 4.69) is 9.82 Å². The van der Waals surface area contributed by atoms with Gasteiger partial charge < -0.3 is 0 Å². The highest BCUT2D eigenvalue weighted by Gasteiger charge is 2.19. The van der Waals surface area contributed by atoms with Crippen LogP contribution >= 0.6 is 11.6 Å². The number of aromatic nitrogens is 3. The number of benzene rings is 1. The summed E-state index contributed by atoms with van der Waals surface area (Å²) < 4.78 is 30.3. The van der Waals surface area contributed by atoms with E-state index >= 15 is 0 Å². The van der Waals surface area contributed by atoms with Gasteiger partial charge in [-0.3, -0.25) is 13.9 Å². The van der Waals surface area contributed by atoms with Gasteiger partial charge in [-0.15, -0.1) is 0 Å². The number of sulfonamides is 1. The van der Waals surface area contributed by atoms with E-state index in [1.165, 1.54) is 28.4 Å². The van der Waals surface area contributed by atoms with Crippen LogP contribution in [0.2, 0.25) is 5.02 Å². The molecule has 0 spiro atoms. The summed E-state index contributed by atoms with van der Waals surface area (Å²) in [5, 5.41) is 4.65. The second kappa shape index (κ2) is 5.95. The maximum atomic E-state index is 12.6. The van der Waals surface area contributed by atoms with Crippen LogP contribution in [0.4, 0.5) is 5.69 Å². The molecule has 0 unspecified atom stereocenters. The van der Waals surface area contributed by atoms with Crippen LogP contribution in [0.5, 0.6) is 0 Å². The van der Waals surface area contributed by atoms with Gasteiger partial charge in [0.25, 0.3) is 15.6 Å². The van der Waals surface area contributed by atoms with E-state index < -0.39 is 10.0 Å². The molecule has 3 rings (SSSR count). The fourth-order valence-electron chi connectivity index (χ4n) is 2.37. The number of halogens is 1. The molecule has 7 nitrogen and oxygen atoms in total. The van der Waals surface area contributed by atoms with Crippen molar-refractivity contribution in [1.29, 1.82) is 0 Å². The zero-order valence-corrected chi connectivity index (χ0v) is 14.6. The molecule has 0 amide bonds. The van der Waals surface area contributed by atoms with Crippen molar-refractivity contribution in [2.75, 3.05) is 4.72 Å². The highest BCUT2D eigenvalue weighted by molar-refractivity contribution is 7.92. The number of hydrogen-bond donors (Lipinski definition) is 1. The Morgan fingerprint density at radius 2 is 1.92 bits per heavy atom. The molecule has 3 aromatic rings. The third kappa shape index (κ3) is 2.90. The van der Waals surface area contributed by atoms with Crippen LogP contribution in [0.15, 0.2) is 46.2 Å². The molecule has 0 fully saturated rings. The van der Waals surface area contributed by atoms with Crippen molar-refractivity contribution in [2.24, 2.45) is 7.05 Å². The van der Waals surface area contributed by atoms with Crippen LogP contribution in [-0.2, 0) is 23.5 Å². The van der Waals surface area contributed by atoms with Crippen molar-refractivity contribution in [2.45, 2.75) is 18.2 Å². The van der Waals surface area contributed by atoms with Gasteiger partial charge in [0.05, 0.1) is 0 Å². The second-order valence-electron chi connectivity index (χ2n) is 5.24. The van der Waals surface area contributed by atoms with Crippen molar-refractivity contribution < 1.29 is 8.42 Å². The molecule has 0 atom stereocenters. The number of hydrogen-bond acceptors (Lipinski definition) is 4. The lowest BCUT2D eigenvalue weighted by Crippen LogP contribution is -2.23. The Kier molecular flexibility index (Phi) is 4.10. The average Bonchev–Trinajstić information content (AvgIpc) is 2.99. The molecule has 1 aromatic carbocycles. The first-order chi connectivity index (χ1) is 11.3. The Morgan fingerprint density at radius 3 is 2.54 bits per heavy atom. The van der Waals surface area contributed by atoms with Gasteiger partial charge >= 0.3 is 0 Å². The van der Waals surface area contributed by atoms with Crippen LogP contribution < -0.4 is 10.3 Å². The summed E-state index contributed by atoms with van der Waals surface area (Å²) in [7, 11) is -2.30. The third-order valence-corrected chi connectivity index (χ3v) is 5.17. The normalized spacial score (nSPS) is 11.8. The quantitative estimate of drug-likeness (QED) is 0.765. The molecular weight excluding hydrogens is 352 g/mol. The Hall–Kier alpha value is -2.32. The minimum atomic E-state index is -3.83. The summed E-state index contributed by atoms with van der Waals surface area (Å²) in [6, 6.07) is 7.65. The van der Waals surface area contributed by atoms with Crippen LogP contribution in [0, 0.1) is 0 Å². The number of nitrogens with one attached hydrogen (secondary N) is 1. The molecule has 24 heavy (non-hydrogen) atoms. The molecule has 0 aliphatic heterocycles. The van der Waals surface area contributed by atoms with Gasteiger partial charge in [-0.25, -0.2) is 13.1 Å². The Morgan fingerprint density at radius 1 is 1.25 bits per heavy atom. The van der Waals surface area contributed by atoms with E-state index in [0.29, 0.717) is 23.0 Å². The molecule has 1 N–H and O–H groups in total. The Labute approximate surface area is 143 Å². The van der Waals surface area contributed by atoms with Gasteiger partial charge in [-0.2, -0.15) is 5.10 Å². The fraction of sp³-hybridized carbons (Fsp3) is 0.200. The molecule has 0 aliphatic carbocycles. The predicted molar refractivity (Wildman–Crippen MR) is 92.1 cm³/mol. The highest BCUT2D eigenvalue weighted by atomic mass is 35.5. The van der Waals surface area contributed by atoms with Gasteiger partial charge in [0.15, 0.2) is 0 Å². The number of fused-ring (bicyclic) bond motifs is 1. The first-order valence-electron chi connectivity index (χ1n) is 7.18. The smallest absolute Gasteiger partial charge is 0.290 e. The monoisotopic (exact) mass is 366 g/mol. The Bertz CT molecular complexity index is 1070. The minimum Gasteiger partial charge on any atom is -0.297 e. The van der Waals surface area contributed by atoms with Crippen LogP contribution in [-0.4, -0.2) is 22.6 Å². The molecule has 0 saturated heterocycles. The van der Waals surface area contributed by atoms with Crippen LogP contribution in [0.25, 0.3) is 5.52 Å². The largest absolute Gasteiger partial charge is 0.297 e. The lowest BCUT2D eigenvalue weighted by Gasteiger charge is -2.06. The first-order valence-corrected chi connectivity index (χ1v) is 9.04. The number of nitrogens with zero attached hydrogens (tertiary/aromatic N) is 3. The van der Waals surface area contributed by atoms with Crippen LogP contribution in [0.3, 0.4) is 0 Å². The topological polar surface area (TPSA) is 85.5 Å². The molecule has 0 radical (unpaired) electrons. The van der Waals surface area contributed by atoms with Gasteiger partial charge in [0, 0.05) is 30.4 Å². The fourth-order valence-corrected chi connectivity index (χ4v) is 3.57. The van der Waals surface area contributed by atoms with Crippen molar-refractivity contribution >= 4 is 32.8 Å². The second-order valence-corrected chi connectivity index (χ2v) is 7.36. The summed E-state index contributed by atoms with van der Waals surface area (Å²) in [5.74, 6) is 0.597. The number of aryl methyl sites for hydroxylation is 2. The predicted octanol–water partition coefficient (Wildman–Crippen LogP) is 2.05. The highest BCUT2D eigenvalue weighted by Crippen LogP contribution is 2.20. The number of rotatable bonds is 4. The molecule has 0 bridgehead atoms. The van der Waals surface area contributed by atoms with Gasteiger partial charge in [0.1, 0.15) is 16.2 Å². The van der Waals surface area contributed by atoms with Gasteiger partial charge in [-0.1, -0.05) is 18.5 Å². The van der Waals surface area contributed by atoms with E-state index in [9.17, 15) is 13.2 Å². The van der Waals surface area contributed by atoms with Crippen molar-refractivity contribution in [3.8, 4) is 0 Å². The first kappa shape index (κ1) is 16.5. The lowest BCUT2D eigenvalue weighted by atomic mass is 10.3. The third-order valence-electron chi connectivity index (χ3n) is 3.57. The molecule has 2 aromatic heterocycles. The minimum absolute atomic E-state index is 0.00255. The zero-order valence-electron chi connectivity index (χ0n) is 13.0. The zero-order chi connectivity index (χ0) is 17.5. The standard InChI is InChI=1S/C15H15ClN4O3S/c1-3-14-17-19(2)15(21)13-8-12(9-20(13)14)24(22,23)18-11-6-4-10(16)5-7-11/h4-9,18H,3H2,1-2H3. The maximum Gasteiger partial charge on any atom is 0.290 e. The maximum absolute atomic E-state index is 12.6. The summed E-state index contributed by atoms with van der Waals surface area (Å²) in [4.78, 5) is 12.2. The van der Waals surface area contributed by atoms with E-state index in [1.807, 2.05) is 6.92 Å². The summed E-state index contributed by atoms with van der Waals surface area (Å²) >= 11 is 5.79. The van der Waals surface area contributed by atoms with Crippen molar-refractivity contribution in [3.05, 3.63) is 57.7 Å². The van der Waals surface area contributed by atoms with E-state index in [1.54, 1.807) is 24.3 Å². The van der Waals surface area contributed by atoms with E-state index in [4.69, 9.17) is 11.6 Å². The number of anilines is 1. The van der Waals surface area contributed by atoms with Crippen molar-refractivity contribution in [3.63, 3.8) is 0 Å². The average molecular weight is 367 g/mol. The summed E-state index contributed by atoms with van der Waals surface area (Å²) in [5.41, 5.74) is 0.289. The molecule has 0 saturated carbocycles. The summed E-state index contributed by atoms with van der Waals surface area (Å²) in [6.07, 6.45) is 1.96. The molecule has 0 aliphatic rings. The summed E-state index contributed by atoms with van der Waals surface area (Å²) in [6.45, 7) is 1.88. The molecule has 126 valence electrons. The molecular formula is C15H15ClN4O3S. The van der Waals surface area contributed by atoms with Crippen molar-refractivity contribution in [1.82, 2.24) is 14.2 Å². The van der Waals surface area contributed by atoms with Gasteiger partial charge in [-0.05, 0) is 30.3 Å². The van der Waals surface area contributed by atoms with Gasteiger partial charge in [0.2, 0.25) is 0 Å². The van der Waals surface area contributed by atoms with Crippen LogP contribution in [0.1, 0.15) is 12.7 Å². The Balaban J connectivity index is 2.10. The lowest BCUT2D eigenvalue weighted by molar-refractivity contribution is 0.601. The SMILES string of the molecule is CCc1nn(C)c(=O)c2cc(S(=O)(=O)Nc3ccc(Cl)cc3)cn12.